The van der Waals surface area contributed by atoms with Gasteiger partial charge in [-0.25, -0.2) is 0 Å². The van der Waals surface area contributed by atoms with Crippen LogP contribution < -0.4 is 10.6 Å². The summed E-state index contributed by atoms with van der Waals surface area (Å²) in [4.78, 5) is 11.9. The average Bonchev–Trinajstić information content (AvgIpc) is 2.54. The standard InChI is InChI=1S/C17H17N3O/c1-13(15-5-3-2-4-6-15)19-12-17(21)20-16-9-7-14(11-18)8-10-16/h2-10,13,19H,12H2,1H3,(H,20,21)/p+1/t13-/m1/s1. The molecule has 4 heteroatoms. The highest BCUT2D eigenvalue weighted by Crippen LogP contribution is 2.08. The molecule has 3 N–H and O–H groups in total. The maximum absolute atomic E-state index is 11.9. The van der Waals surface area contributed by atoms with Crippen LogP contribution in [0.2, 0.25) is 0 Å². The SMILES string of the molecule is C[C@@H]([NH2+]CC(=O)Nc1ccc(C#N)cc1)c1ccccc1. The third-order valence-corrected chi connectivity index (χ3v) is 3.28. The number of quaternary nitrogens is 1. The molecule has 0 unspecified atom stereocenters. The first-order valence-corrected chi connectivity index (χ1v) is 6.87. The van der Waals surface area contributed by atoms with Crippen LogP contribution in [0.4, 0.5) is 5.69 Å². The Morgan fingerprint density at radius 3 is 2.48 bits per heavy atom. The fraction of sp³-hybridized carbons (Fsp3) is 0.176. The highest BCUT2D eigenvalue weighted by Gasteiger charge is 2.11. The first-order chi connectivity index (χ1) is 10.2. The number of nitrogens with zero attached hydrogens (tertiary/aromatic N) is 1. The number of carbonyl (C=O) groups is 1. The zero-order chi connectivity index (χ0) is 15.1. The summed E-state index contributed by atoms with van der Waals surface area (Å²) in [5.74, 6) is -0.0533. The highest BCUT2D eigenvalue weighted by molar-refractivity contribution is 5.91. The van der Waals surface area contributed by atoms with E-state index in [2.05, 4.69) is 24.4 Å². The second kappa shape index (κ2) is 7.22. The summed E-state index contributed by atoms with van der Waals surface area (Å²) in [6, 6.07) is 19.2. The topological polar surface area (TPSA) is 69.5 Å². The Labute approximate surface area is 124 Å². The monoisotopic (exact) mass is 280 g/mol. The van der Waals surface area contributed by atoms with Gasteiger partial charge < -0.3 is 10.6 Å². The van der Waals surface area contributed by atoms with Gasteiger partial charge >= 0.3 is 0 Å². The summed E-state index contributed by atoms with van der Waals surface area (Å²) in [7, 11) is 0. The number of hydrogen-bond acceptors (Lipinski definition) is 2. The molecule has 2 aromatic rings. The molecule has 21 heavy (non-hydrogen) atoms. The van der Waals surface area contributed by atoms with E-state index in [4.69, 9.17) is 5.26 Å². The van der Waals surface area contributed by atoms with Gasteiger partial charge in [0.2, 0.25) is 0 Å². The number of amides is 1. The van der Waals surface area contributed by atoms with E-state index in [0.29, 0.717) is 17.8 Å². The lowest BCUT2D eigenvalue weighted by atomic mass is 10.1. The summed E-state index contributed by atoms with van der Waals surface area (Å²) < 4.78 is 0. The van der Waals surface area contributed by atoms with Crippen molar-refractivity contribution in [1.29, 1.82) is 5.26 Å². The number of benzene rings is 2. The zero-order valence-corrected chi connectivity index (χ0v) is 11.9. The molecule has 0 saturated heterocycles. The van der Waals surface area contributed by atoms with E-state index in [0.717, 1.165) is 0 Å². The molecule has 0 heterocycles. The number of nitrogens with one attached hydrogen (secondary N) is 1. The first-order valence-electron chi connectivity index (χ1n) is 6.87. The predicted molar refractivity (Wildman–Crippen MR) is 81.4 cm³/mol. The first kappa shape index (κ1) is 14.8. The van der Waals surface area contributed by atoms with Crippen molar-refractivity contribution >= 4 is 11.6 Å². The van der Waals surface area contributed by atoms with Crippen molar-refractivity contribution in [3.05, 3.63) is 65.7 Å². The van der Waals surface area contributed by atoms with Gasteiger partial charge in [0.05, 0.1) is 11.6 Å². The van der Waals surface area contributed by atoms with Crippen LogP contribution in [-0.2, 0) is 4.79 Å². The van der Waals surface area contributed by atoms with E-state index < -0.39 is 0 Å². The smallest absolute Gasteiger partial charge is 0.279 e. The fourth-order valence-corrected chi connectivity index (χ4v) is 2.02. The van der Waals surface area contributed by atoms with Gasteiger partial charge in [0.25, 0.3) is 5.91 Å². The molecule has 0 fully saturated rings. The molecule has 2 aromatic carbocycles. The second-order valence-corrected chi connectivity index (χ2v) is 4.88. The van der Waals surface area contributed by atoms with Gasteiger partial charge in [-0.3, -0.25) is 4.79 Å². The minimum Gasteiger partial charge on any atom is -0.333 e. The number of hydrogen-bond donors (Lipinski definition) is 2. The van der Waals surface area contributed by atoms with Crippen LogP contribution >= 0.6 is 0 Å². The fourth-order valence-electron chi connectivity index (χ4n) is 2.02. The Bertz CT molecular complexity index is 629. The number of nitriles is 1. The van der Waals surface area contributed by atoms with Crippen LogP contribution in [0.1, 0.15) is 24.1 Å². The minimum absolute atomic E-state index is 0.0533. The van der Waals surface area contributed by atoms with E-state index in [1.54, 1.807) is 24.3 Å². The van der Waals surface area contributed by atoms with Crippen LogP contribution in [-0.4, -0.2) is 12.5 Å². The molecule has 0 aliphatic rings. The summed E-state index contributed by atoms with van der Waals surface area (Å²) >= 11 is 0. The molecule has 0 aromatic heterocycles. The molecule has 0 bridgehead atoms. The molecule has 0 saturated carbocycles. The van der Waals surface area contributed by atoms with Crippen LogP contribution in [0.25, 0.3) is 0 Å². The summed E-state index contributed by atoms with van der Waals surface area (Å²) in [5.41, 5.74) is 2.49. The van der Waals surface area contributed by atoms with Crippen molar-refractivity contribution in [1.82, 2.24) is 0 Å². The van der Waals surface area contributed by atoms with Crippen molar-refractivity contribution in [3.8, 4) is 6.07 Å². The molecule has 106 valence electrons. The Morgan fingerprint density at radius 1 is 1.19 bits per heavy atom. The number of anilines is 1. The molecule has 4 nitrogen and oxygen atoms in total. The number of rotatable bonds is 5. The average molecular weight is 280 g/mol. The van der Waals surface area contributed by atoms with Gasteiger partial charge in [-0.1, -0.05) is 30.3 Å². The van der Waals surface area contributed by atoms with Gasteiger partial charge in [-0.15, -0.1) is 0 Å². The molecule has 1 atom stereocenters. The highest BCUT2D eigenvalue weighted by atomic mass is 16.1. The molecular weight excluding hydrogens is 262 g/mol. The Balaban J connectivity index is 1.83. The van der Waals surface area contributed by atoms with Gasteiger partial charge in [0.1, 0.15) is 6.04 Å². The lowest BCUT2D eigenvalue weighted by molar-refractivity contribution is -0.682. The molecular formula is C17H18N3O+. The van der Waals surface area contributed by atoms with Crippen LogP contribution in [0, 0.1) is 11.3 Å². The lowest BCUT2D eigenvalue weighted by Gasteiger charge is -2.11. The van der Waals surface area contributed by atoms with E-state index >= 15 is 0 Å². The molecule has 0 aliphatic carbocycles. The number of nitrogens with two attached hydrogens (primary N) is 1. The summed E-state index contributed by atoms with van der Waals surface area (Å²) in [5, 5.41) is 13.5. The Kier molecular flexibility index (Phi) is 5.08. The molecule has 1 amide bonds. The van der Waals surface area contributed by atoms with Gasteiger partial charge in [0, 0.05) is 11.3 Å². The second-order valence-electron chi connectivity index (χ2n) is 4.88. The van der Waals surface area contributed by atoms with Crippen LogP contribution in [0.3, 0.4) is 0 Å². The normalized spacial score (nSPS) is 11.4. The third kappa shape index (κ3) is 4.44. The van der Waals surface area contributed by atoms with E-state index in [-0.39, 0.29) is 11.9 Å². The van der Waals surface area contributed by atoms with Crippen molar-refractivity contribution < 1.29 is 10.1 Å². The van der Waals surface area contributed by atoms with E-state index in [9.17, 15) is 4.79 Å². The molecule has 0 radical (unpaired) electrons. The van der Waals surface area contributed by atoms with Gasteiger partial charge in [-0.05, 0) is 31.2 Å². The maximum Gasteiger partial charge on any atom is 0.279 e. The maximum atomic E-state index is 11.9. The van der Waals surface area contributed by atoms with Crippen molar-refractivity contribution in [3.63, 3.8) is 0 Å². The predicted octanol–water partition coefficient (Wildman–Crippen LogP) is 1.82. The Hall–Kier alpha value is -2.64. The van der Waals surface area contributed by atoms with E-state index in [1.165, 1.54) is 5.56 Å². The Morgan fingerprint density at radius 2 is 1.86 bits per heavy atom. The zero-order valence-electron chi connectivity index (χ0n) is 11.9. The van der Waals surface area contributed by atoms with Crippen molar-refractivity contribution in [2.24, 2.45) is 0 Å². The molecule has 2 rings (SSSR count). The third-order valence-electron chi connectivity index (χ3n) is 3.28. The van der Waals surface area contributed by atoms with Crippen LogP contribution in [0.5, 0.6) is 0 Å². The van der Waals surface area contributed by atoms with E-state index in [1.807, 2.05) is 29.6 Å². The largest absolute Gasteiger partial charge is 0.333 e. The van der Waals surface area contributed by atoms with Crippen LogP contribution in [0.15, 0.2) is 54.6 Å². The van der Waals surface area contributed by atoms with Gasteiger partial charge in [0.15, 0.2) is 6.54 Å². The molecule has 0 spiro atoms. The molecule has 0 aliphatic heterocycles. The van der Waals surface area contributed by atoms with Crippen molar-refractivity contribution in [2.45, 2.75) is 13.0 Å². The summed E-state index contributed by atoms with van der Waals surface area (Å²) in [6.45, 7) is 2.43. The van der Waals surface area contributed by atoms with Crippen molar-refractivity contribution in [2.75, 3.05) is 11.9 Å². The quantitative estimate of drug-likeness (QED) is 0.877. The van der Waals surface area contributed by atoms with Gasteiger partial charge in [-0.2, -0.15) is 5.26 Å². The lowest BCUT2D eigenvalue weighted by Crippen LogP contribution is -2.86. The minimum atomic E-state index is -0.0533. The number of carbonyl (C=O) groups excluding carboxylic acids is 1. The summed E-state index contributed by atoms with van der Waals surface area (Å²) in [6.07, 6.45) is 0.